The van der Waals surface area contributed by atoms with E-state index in [0.29, 0.717) is 23.7 Å². The number of aromatic amines is 1. The predicted octanol–water partition coefficient (Wildman–Crippen LogP) is 2.48. The smallest absolute Gasteiger partial charge is 0.181 e. The number of nitrogens with two attached hydrogens (primary N) is 1. The molecule has 7 heteroatoms. The fourth-order valence-electron chi connectivity index (χ4n) is 1.79. The second-order valence-electron chi connectivity index (χ2n) is 4.01. The summed E-state index contributed by atoms with van der Waals surface area (Å²) in [4.78, 5) is 16.5. The number of rotatable bonds is 4. The highest BCUT2D eigenvalue weighted by atomic mass is 32.2. The van der Waals surface area contributed by atoms with E-state index in [9.17, 15) is 0 Å². The summed E-state index contributed by atoms with van der Waals surface area (Å²) in [5, 5.41) is 0.819. The van der Waals surface area contributed by atoms with E-state index >= 15 is 0 Å². The summed E-state index contributed by atoms with van der Waals surface area (Å²) in [6, 6.07) is 5.68. The Morgan fingerprint density at radius 1 is 1.30 bits per heavy atom. The van der Waals surface area contributed by atoms with E-state index in [-0.39, 0.29) is 0 Å². The van der Waals surface area contributed by atoms with Crippen LogP contribution in [0.5, 0.6) is 5.75 Å². The largest absolute Gasteiger partial charge is 0.492 e. The van der Waals surface area contributed by atoms with Crippen molar-refractivity contribution in [3.05, 3.63) is 30.9 Å². The summed E-state index contributed by atoms with van der Waals surface area (Å²) in [5.41, 5.74) is 7.98. The number of fused-ring (bicyclic) bond motifs is 1. The van der Waals surface area contributed by atoms with Crippen molar-refractivity contribution in [2.24, 2.45) is 0 Å². The van der Waals surface area contributed by atoms with E-state index in [2.05, 4.69) is 19.9 Å². The summed E-state index contributed by atoms with van der Waals surface area (Å²) >= 11 is 1.51. The minimum atomic E-state index is 0.580. The van der Waals surface area contributed by atoms with Gasteiger partial charge in [-0.1, -0.05) is 11.8 Å². The average Bonchev–Trinajstić information content (AvgIpc) is 2.92. The first kappa shape index (κ1) is 12.7. The van der Waals surface area contributed by atoms with Crippen LogP contribution in [0.4, 0.5) is 5.69 Å². The number of hydrogen-bond donors (Lipinski definition) is 2. The Morgan fingerprint density at radius 2 is 2.20 bits per heavy atom. The van der Waals surface area contributed by atoms with Crippen molar-refractivity contribution in [3.63, 3.8) is 0 Å². The SMILES string of the molecule is CCOc1cc(Sc2ncnc3nc[nH]c23)ccc1N. The maximum absolute atomic E-state index is 5.87. The highest BCUT2D eigenvalue weighted by molar-refractivity contribution is 7.99. The predicted molar refractivity (Wildman–Crippen MR) is 77.8 cm³/mol. The van der Waals surface area contributed by atoms with Gasteiger partial charge in [-0.25, -0.2) is 15.0 Å². The summed E-state index contributed by atoms with van der Waals surface area (Å²) in [6.45, 7) is 2.51. The van der Waals surface area contributed by atoms with Gasteiger partial charge in [-0.15, -0.1) is 0 Å². The van der Waals surface area contributed by atoms with Crippen molar-refractivity contribution >= 4 is 28.6 Å². The number of nitrogens with zero attached hydrogens (tertiary/aromatic N) is 3. The number of nitrogens with one attached hydrogen (secondary N) is 1. The van der Waals surface area contributed by atoms with Gasteiger partial charge in [0.25, 0.3) is 0 Å². The minimum absolute atomic E-state index is 0.580. The third-order valence-corrected chi connectivity index (χ3v) is 3.68. The van der Waals surface area contributed by atoms with Crippen LogP contribution in [0.3, 0.4) is 0 Å². The van der Waals surface area contributed by atoms with Crippen molar-refractivity contribution in [2.75, 3.05) is 12.3 Å². The normalized spacial score (nSPS) is 10.8. The van der Waals surface area contributed by atoms with E-state index in [4.69, 9.17) is 10.5 Å². The Morgan fingerprint density at radius 3 is 3.05 bits per heavy atom. The molecule has 20 heavy (non-hydrogen) atoms. The molecule has 0 atom stereocenters. The van der Waals surface area contributed by atoms with Gasteiger partial charge >= 0.3 is 0 Å². The first-order valence-corrected chi connectivity index (χ1v) is 6.94. The van der Waals surface area contributed by atoms with Crippen LogP contribution in [0.1, 0.15) is 6.92 Å². The molecule has 102 valence electrons. The van der Waals surface area contributed by atoms with Crippen LogP contribution in [-0.4, -0.2) is 26.5 Å². The van der Waals surface area contributed by atoms with E-state index in [0.717, 1.165) is 15.4 Å². The molecular weight excluding hydrogens is 274 g/mol. The molecule has 0 saturated carbocycles. The Balaban J connectivity index is 1.94. The number of H-pyrrole nitrogens is 1. The topological polar surface area (TPSA) is 89.7 Å². The molecule has 0 radical (unpaired) electrons. The number of ether oxygens (including phenoxy) is 1. The quantitative estimate of drug-likeness (QED) is 0.566. The molecule has 0 aliphatic rings. The van der Waals surface area contributed by atoms with Crippen molar-refractivity contribution in [2.45, 2.75) is 16.8 Å². The second-order valence-corrected chi connectivity index (χ2v) is 5.08. The molecule has 3 aromatic rings. The molecule has 0 aliphatic carbocycles. The van der Waals surface area contributed by atoms with Gasteiger partial charge < -0.3 is 15.5 Å². The Labute approximate surface area is 119 Å². The van der Waals surface area contributed by atoms with Gasteiger partial charge in [-0.3, -0.25) is 0 Å². The molecule has 2 aromatic heterocycles. The van der Waals surface area contributed by atoms with Crippen LogP contribution in [0.2, 0.25) is 0 Å². The summed E-state index contributed by atoms with van der Waals surface area (Å²) in [5.74, 6) is 0.687. The molecule has 0 bridgehead atoms. The van der Waals surface area contributed by atoms with Crippen molar-refractivity contribution in [1.82, 2.24) is 19.9 Å². The van der Waals surface area contributed by atoms with Gasteiger partial charge in [0, 0.05) is 4.90 Å². The molecule has 1 aromatic carbocycles. The number of nitrogen functional groups attached to an aromatic ring is 1. The lowest BCUT2D eigenvalue weighted by atomic mass is 10.3. The van der Waals surface area contributed by atoms with Crippen molar-refractivity contribution < 1.29 is 4.74 Å². The van der Waals surface area contributed by atoms with E-state index in [1.807, 2.05) is 25.1 Å². The third-order valence-electron chi connectivity index (χ3n) is 2.69. The van der Waals surface area contributed by atoms with Crippen LogP contribution in [-0.2, 0) is 0 Å². The number of benzene rings is 1. The van der Waals surface area contributed by atoms with Crippen LogP contribution < -0.4 is 10.5 Å². The van der Waals surface area contributed by atoms with E-state index < -0.39 is 0 Å². The molecule has 2 heterocycles. The zero-order valence-electron chi connectivity index (χ0n) is 10.8. The van der Waals surface area contributed by atoms with Crippen molar-refractivity contribution in [3.8, 4) is 5.75 Å². The molecule has 0 saturated heterocycles. The first-order chi connectivity index (χ1) is 9.78. The molecule has 0 spiro atoms. The monoisotopic (exact) mass is 287 g/mol. The summed E-state index contributed by atoms with van der Waals surface area (Å²) in [7, 11) is 0. The standard InChI is InChI=1S/C13H13N5OS/c1-2-19-10-5-8(3-4-9(10)14)20-13-11-12(16-6-15-11)17-7-18-13/h3-7H,2,14H2,1H3,(H,15,16,17,18). The van der Waals surface area contributed by atoms with Gasteiger partial charge in [0.1, 0.15) is 22.6 Å². The molecule has 0 amide bonds. The minimum Gasteiger partial charge on any atom is -0.492 e. The highest BCUT2D eigenvalue weighted by Gasteiger charge is 2.09. The van der Waals surface area contributed by atoms with Crippen LogP contribution in [0, 0.1) is 0 Å². The molecule has 3 rings (SSSR count). The third kappa shape index (κ3) is 2.39. The van der Waals surface area contributed by atoms with Gasteiger partial charge in [0.05, 0.1) is 18.6 Å². The van der Waals surface area contributed by atoms with Crippen LogP contribution >= 0.6 is 11.8 Å². The lowest BCUT2D eigenvalue weighted by Gasteiger charge is -2.08. The lowest BCUT2D eigenvalue weighted by molar-refractivity contribution is 0.341. The zero-order valence-corrected chi connectivity index (χ0v) is 11.6. The fraction of sp³-hybridized carbons (Fsp3) is 0.154. The van der Waals surface area contributed by atoms with Crippen LogP contribution in [0.15, 0.2) is 40.8 Å². The Bertz CT molecular complexity index is 742. The zero-order chi connectivity index (χ0) is 13.9. The number of aromatic nitrogens is 4. The number of hydrogen-bond acceptors (Lipinski definition) is 6. The van der Waals surface area contributed by atoms with Crippen LogP contribution in [0.25, 0.3) is 11.2 Å². The molecule has 3 N–H and O–H groups in total. The van der Waals surface area contributed by atoms with E-state index in [1.54, 1.807) is 6.33 Å². The molecular formula is C13H13N5OS. The van der Waals surface area contributed by atoms with Gasteiger partial charge in [-0.05, 0) is 25.1 Å². The van der Waals surface area contributed by atoms with Gasteiger partial charge in [0.15, 0.2) is 5.65 Å². The van der Waals surface area contributed by atoms with E-state index in [1.165, 1.54) is 18.1 Å². The Hall–Kier alpha value is -2.28. The second kappa shape index (κ2) is 5.38. The maximum atomic E-state index is 5.87. The van der Waals surface area contributed by atoms with Gasteiger partial charge in [0.2, 0.25) is 0 Å². The lowest BCUT2D eigenvalue weighted by Crippen LogP contribution is -1.96. The molecule has 0 aliphatic heterocycles. The average molecular weight is 287 g/mol. The maximum Gasteiger partial charge on any atom is 0.181 e. The Kier molecular flexibility index (Phi) is 3.42. The molecule has 6 nitrogen and oxygen atoms in total. The molecule has 0 fully saturated rings. The summed E-state index contributed by atoms with van der Waals surface area (Å²) in [6.07, 6.45) is 3.12. The van der Waals surface area contributed by atoms with Crippen molar-refractivity contribution in [1.29, 1.82) is 0 Å². The number of imidazole rings is 1. The summed E-state index contributed by atoms with van der Waals surface area (Å²) < 4.78 is 5.50. The first-order valence-electron chi connectivity index (χ1n) is 6.12. The fourth-order valence-corrected chi connectivity index (χ4v) is 2.67. The molecule has 0 unspecified atom stereocenters. The number of anilines is 1. The highest BCUT2D eigenvalue weighted by Crippen LogP contribution is 2.34. The van der Waals surface area contributed by atoms with Gasteiger partial charge in [-0.2, -0.15) is 0 Å².